The molecule has 7 nitrogen and oxygen atoms in total. The summed E-state index contributed by atoms with van der Waals surface area (Å²) >= 11 is 1.33. The maximum atomic E-state index is 12.4. The first kappa shape index (κ1) is 19.1. The van der Waals surface area contributed by atoms with Crippen molar-refractivity contribution in [3.8, 4) is 0 Å². The Kier molecular flexibility index (Phi) is 4.99. The monoisotopic (exact) mass is 402 g/mol. The standard InChI is InChI=1S/C20H26N4O3S/c1-4-27-20(26)16-10(2)15-18(22-11(3)23-19(15)28-16)24-13-8-6-5-7-12(13)9-14(24)17(21)25/h12-14H,4-9H2,1-3H3,(H2,21,25)/t12-,13-,14-/m0/s1. The second-order valence-corrected chi connectivity index (χ2v) is 8.72. The van der Waals surface area contributed by atoms with Crippen LogP contribution in [0.5, 0.6) is 0 Å². The molecule has 1 aliphatic heterocycles. The lowest BCUT2D eigenvalue weighted by Gasteiger charge is -2.34. The Balaban J connectivity index is 1.89. The number of nitrogens with zero attached hydrogens (tertiary/aromatic N) is 3. The third-order valence-corrected chi connectivity index (χ3v) is 7.17. The van der Waals surface area contributed by atoms with Gasteiger partial charge in [0.15, 0.2) is 0 Å². The van der Waals surface area contributed by atoms with E-state index in [0.717, 1.165) is 47.3 Å². The molecule has 2 fully saturated rings. The van der Waals surface area contributed by atoms with Gasteiger partial charge < -0.3 is 15.4 Å². The van der Waals surface area contributed by atoms with E-state index in [1.54, 1.807) is 6.92 Å². The van der Waals surface area contributed by atoms with Crippen molar-refractivity contribution >= 4 is 39.2 Å². The molecule has 2 N–H and O–H groups in total. The Labute approximate surface area is 168 Å². The molecule has 2 aromatic rings. The first-order valence-electron chi connectivity index (χ1n) is 9.94. The van der Waals surface area contributed by atoms with Gasteiger partial charge in [0.25, 0.3) is 0 Å². The highest BCUT2D eigenvalue weighted by molar-refractivity contribution is 7.20. The summed E-state index contributed by atoms with van der Waals surface area (Å²) in [6.45, 7) is 5.86. The molecule has 1 aliphatic carbocycles. The van der Waals surface area contributed by atoms with Crippen molar-refractivity contribution in [2.75, 3.05) is 11.5 Å². The SMILES string of the molecule is CCOC(=O)c1sc2nc(C)nc(N3[C@H](C(N)=O)C[C@@H]4CCCC[C@@H]43)c2c1C. The summed E-state index contributed by atoms with van der Waals surface area (Å²) in [7, 11) is 0. The minimum absolute atomic E-state index is 0.258. The van der Waals surface area contributed by atoms with Gasteiger partial charge in [0.1, 0.15) is 27.4 Å². The van der Waals surface area contributed by atoms with Gasteiger partial charge in [-0.2, -0.15) is 0 Å². The zero-order valence-electron chi connectivity index (χ0n) is 16.5. The number of nitrogens with two attached hydrogens (primary N) is 1. The van der Waals surface area contributed by atoms with Crippen LogP contribution in [-0.4, -0.2) is 40.5 Å². The summed E-state index contributed by atoms with van der Waals surface area (Å²) < 4.78 is 5.21. The van der Waals surface area contributed by atoms with Crippen molar-refractivity contribution in [3.05, 3.63) is 16.3 Å². The minimum atomic E-state index is -0.365. The predicted molar refractivity (Wildman–Crippen MR) is 109 cm³/mol. The van der Waals surface area contributed by atoms with Crippen molar-refractivity contribution in [2.45, 2.75) is 65.0 Å². The highest BCUT2D eigenvalue weighted by atomic mass is 32.1. The number of fused-ring (bicyclic) bond motifs is 2. The van der Waals surface area contributed by atoms with E-state index < -0.39 is 0 Å². The van der Waals surface area contributed by atoms with Crippen LogP contribution < -0.4 is 10.6 Å². The third-order valence-electron chi connectivity index (χ3n) is 6.00. The van der Waals surface area contributed by atoms with Crippen molar-refractivity contribution in [3.63, 3.8) is 0 Å². The van der Waals surface area contributed by atoms with E-state index in [-0.39, 0.29) is 24.0 Å². The van der Waals surface area contributed by atoms with E-state index in [0.29, 0.717) is 23.2 Å². The fourth-order valence-electron chi connectivity index (χ4n) is 4.82. The van der Waals surface area contributed by atoms with Gasteiger partial charge in [-0.25, -0.2) is 14.8 Å². The van der Waals surface area contributed by atoms with Crippen LogP contribution in [0.1, 0.15) is 60.1 Å². The molecule has 150 valence electrons. The van der Waals surface area contributed by atoms with E-state index in [9.17, 15) is 9.59 Å². The Bertz CT molecular complexity index is 941. The number of esters is 1. The molecule has 0 unspecified atom stereocenters. The first-order chi connectivity index (χ1) is 13.4. The number of thiophene rings is 1. The Hall–Kier alpha value is -2.22. The van der Waals surface area contributed by atoms with Gasteiger partial charge in [0, 0.05) is 6.04 Å². The fourth-order valence-corrected chi connectivity index (χ4v) is 5.93. The van der Waals surface area contributed by atoms with Gasteiger partial charge in [-0.3, -0.25) is 4.79 Å². The Morgan fingerprint density at radius 2 is 2.00 bits per heavy atom. The molecule has 4 rings (SSSR count). The number of primary amides is 1. The number of hydrogen-bond donors (Lipinski definition) is 1. The molecule has 0 bridgehead atoms. The zero-order valence-corrected chi connectivity index (χ0v) is 17.3. The number of amides is 1. The summed E-state index contributed by atoms with van der Waals surface area (Å²) in [5, 5.41) is 0.844. The lowest BCUT2D eigenvalue weighted by atomic mass is 9.84. The van der Waals surface area contributed by atoms with Gasteiger partial charge in [-0.15, -0.1) is 11.3 Å². The molecular weight excluding hydrogens is 376 g/mol. The number of carbonyl (C=O) groups excluding carboxylic acids is 2. The Morgan fingerprint density at radius 1 is 1.25 bits per heavy atom. The summed E-state index contributed by atoms with van der Waals surface area (Å²) in [6.07, 6.45) is 5.27. The Morgan fingerprint density at radius 3 is 2.71 bits per heavy atom. The van der Waals surface area contributed by atoms with E-state index in [1.807, 2.05) is 13.8 Å². The quantitative estimate of drug-likeness (QED) is 0.789. The van der Waals surface area contributed by atoms with Crippen LogP contribution >= 0.6 is 11.3 Å². The molecule has 1 saturated heterocycles. The highest BCUT2D eigenvalue weighted by Crippen LogP contribution is 2.45. The molecule has 2 aromatic heterocycles. The van der Waals surface area contributed by atoms with Gasteiger partial charge >= 0.3 is 5.97 Å². The lowest BCUT2D eigenvalue weighted by molar-refractivity contribution is -0.119. The zero-order chi connectivity index (χ0) is 20.0. The maximum absolute atomic E-state index is 12.4. The summed E-state index contributed by atoms with van der Waals surface area (Å²) in [5.74, 6) is 1.18. The molecular formula is C20H26N4O3S. The van der Waals surface area contributed by atoms with Crippen LogP contribution in [0.15, 0.2) is 0 Å². The van der Waals surface area contributed by atoms with Crippen LogP contribution in [0.4, 0.5) is 5.82 Å². The average Bonchev–Trinajstić information content (AvgIpc) is 3.20. The minimum Gasteiger partial charge on any atom is -0.462 e. The maximum Gasteiger partial charge on any atom is 0.348 e. The second-order valence-electron chi connectivity index (χ2n) is 7.72. The van der Waals surface area contributed by atoms with Gasteiger partial charge in [-0.05, 0) is 51.5 Å². The van der Waals surface area contributed by atoms with Crippen LogP contribution in [0, 0.1) is 19.8 Å². The molecule has 0 spiro atoms. The van der Waals surface area contributed by atoms with Crippen molar-refractivity contribution in [1.29, 1.82) is 0 Å². The molecule has 0 radical (unpaired) electrons. The number of aromatic nitrogens is 2. The van der Waals surface area contributed by atoms with E-state index in [4.69, 9.17) is 15.5 Å². The van der Waals surface area contributed by atoms with Gasteiger partial charge in [0.05, 0.1) is 12.0 Å². The first-order valence-corrected chi connectivity index (χ1v) is 10.8. The molecule has 1 saturated carbocycles. The molecule has 0 aromatic carbocycles. The summed E-state index contributed by atoms with van der Waals surface area (Å²) in [4.78, 5) is 37.5. The second kappa shape index (κ2) is 7.31. The van der Waals surface area contributed by atoms with Gasteiger partial charge in [0.2, 0.25) is 5.91 Å². The van der Waals surface area contributed by atoms with E-state index in [2.05, 4.69) is 9.88 Å². The van der Waals surface area contributed by atoms with E-state index in [1.165, 1.54) is 17.8 Å². The molecule has 3 atom stereocenters. The summed E-state index contributed by atoms with van der Waals surface area (Å²) in [6, 6.07) is -0.106. The van der Waals surface area contributed by atoms with Gasteiger partial charge in [-0.1, -0.05) is 12.8 Å². The van der Waals surface area contributed by atoms with Crippen LogP contribution in [0.25, 0.3) is 10.2 Å². The smallest absolute Gasteiger partial charge is 0.348 e. The largest absolute Gasteiger partial charge is 0.462 e. The fraction of sp³-hybridized carbons (Fsp3) is 0.600. The number of hydrogen-bond acceptors (Lipinski definition) is 7. The molecule has 1 amide bonds. The normalized spacial score (nSPS) is 24.4. The lowest BCUT2D eigenvalue weighted by Crippen LogP contribution is -2.45. The molecule has 3 heterocycles. The number of aryl methyl sites for hydroxylation is 2. The molecule has 28 heavy (non-hydrogen) atoms. The predicted octanol–water partition coefficient (Wildman–Crippen LogP) is 3.11. The average molecular weight is 403 g/mol. The van der Waals surface area contributed by atoms with Crippen LogP contribution in [0.2, 0.25) is 0 Å². The van der Waals surface area contributed by atoms with Crippen molar-refractivity contribution in [1.82, 2.24) is 9.97 Å². The highest BCUT2D eigenvalue weighted by Gasteiger charge is 2.46. The molecule has 2 aliphatic rings. The third kappa shape index (κ3) is 3.03. The van der Waals surface area contributed by atoms with Crippen molar-refractivity contribution in [2.24, 2.45) is 11.7 Å². The summed E-state index contributed by atoms with van der Waals surface area (Å²) in [5.41, 5.74) is 6.61. The number of carbonyl (C=O) groups is 2. The van der Waals surface area contributed by atoms with Crippen molar-refractivity contribution < 1.29 is 14.3 Å². The number of anilines is 1. The molecule has 8 heteroatoms. The number of rotatable bonds is 4. The topological polar surface area (TPSA) is 98.4 Å². The van der Waals surface area contributed by atoms with Crippen LogP contribution in [0.3, 0.4) is 0 Å². The van der Waals surface area contributed by atoms with Crippen LogP contribution in [-0.2, 0) is 9.53 Å². The number of ether oxygens (including phenoxy) is 1. The van der Waals surface area contributed by atoms with E-state index >= 15 is 0 Å².